The average Bonchev–Trinajstić information content (AvgIpc) is 3.24. The number of amides is 1. The van der Waals surface area contributed by atoms with E-state index in [1.807, 2.05) is 46.8 Å². The number of hydrogen-bond donors (Lipinski definition) is 0. The number of carbonyl (C=O) groups excluding carboxylic acids is 1. The number of hydrogen-bond acceptors (Lipinski definition) is 3. The zero-order valence-electron chi connectivity index (χ0n) is 12.8. The Morgan fingerprint density at radius 3 is 2.78 bits per heavy atom. The number of benzene rings is 1. The third kappa shape index (κ3) is 2.54. The van der Waals surface area contributed by atoms with Crippen LogP contribution < -0.4 is 0 Å². The molecule has 3 aromatic rings. The third-order valence-electron chi connectivity index (χ3n) is 4.20. The second-order valence-electron chi connectivity index (χ2n) is 5.81. The third-order valence-corrected chi connectivity index (χ3v) is 5.54. The molecule has 1 aromatic carbocycles. The predicted molar refractivity (Wildman–Crippen MR) is 93.8 cm³/mol. The van der Waals surface area contributed by atoms with Crippen LogP contribution in [0.4, 0.5) is 0 Å². The zero-order chi connectivity index (χ0) is 16.0. The minimum Gasteiger partial charge on any atom is -0.338 e. The van der Waals surface area contributed by atoms with Gasteiger partial charge in [-0.05, 0) is 44.0 Å². The Hall–Kier alpha value is -1.85. The maximum atomic E-state index is 12.6. The van der Waals surface area contributed by atoms with Crippen LogP contribution in [0.15, 0.2) is 30.3 Å². The standard InChI is InChI=1S/C17H16ClN3OS/c1-11-14-10-15(16(22)20-7-2-3-8-20)23-17(14)21(19-11)13-6-4-5-12(18)9-13/h4-6,9-10H,2-3,7-8H2,1H3. The van der Waals surface area contributed by atoms with Crippen molar-refractivity contribution >= 4 is 39.1 Å². The molecule has 0 unspecified atom stereocenters. The number of nitrogens with zero attached hydrogens (tertiary/aromatic N) is 3. The monoisotopic (exact) mass is 345 g/mol. The minimum absolute atomic E-state index is 0.140. The van der Waals surface area contributed by atoms with Crippen LogP contribution in [-0.4, -0.2) is 33.7 Å². The van der Waals surface area contributed by atoms with Gasteiger partial charge in [-0.25, -0.2) is 4.68 Å². The number of rotatable bonds is 2. The van der Waals surface area contributed by atoms with Crippen molar-refractivity contribution in [3.8, 4) is 5.69 Å². The van der Waals surface area contributed by atoms with Crippen LogP contribution in [0, 0.1) is 6.92 Å². The van der Waals surface area contributed by atoms with Gasteiger partial charge in [0.1, 0.15) is 4.83 Å². The number of likely N-dealkylation sites (tertiary alicyclic amines) is 1. The first-order valence-electron chi connectivity index (χ1n) is 7.68. The van der Waals surface area contributed by atoms with Gasteiger partial charge in [0.05, 0.1) is 16.3 Å². The Balaban J connectivity index is 1.80. The highest BCUT2D eigenvalue weighted by Crippen LogP contribution is 2.32. The summed E-state index contributed by atoms with van der Waals surface area (Å²) < 4.78 is 1.88. The molecule has 0 bridgehead atoms. The quantitative estimate of drug-likeness (QED) is 0.695. The molecule has 0 aliphatic carbocycles. The number of aromatic nitrogens is 2. The molecule has 1 fully saturated rings. The normalized spacial score (nSPS) is 14.8. The molecule has 23 heavy (non-hydrogen) atoms. The van der Waals surface area contributed by atoms with Gasteiger partial charge in [0, 0.05) is 23.5 Å². The summed E-state index contributed by atoms with van der Waals surface area (Å²) in [6, 6.07) is 9.58. The van der Waals surface area contributed by atoms with Gasteiger partial charge >= 0.3 is 0 Å². The van der Waals surface area contributed by atoms with Crippen molar-refractivity contribution < 1.29 is 4.79 Å². The van der Waals surface area contributed by atoms with Crippen LogP contribution in [0.3, 0.4) is 0 Å². The summed E-state index contributed by atoms with van der Waals surface area (Å²) in [4.78, 5) is 16.3. The predicted octanol–water partition coefficient (Wildman–Crippen LogP) is 4.28. The van der Waals surface area contributed by atoms with Crippen LogP contribution >= 0.6 is 22.9 Å². The lowest BCUT2D eigenvalue weighted by molar-refractivity contribution is 0.0797. The number of thiophene rings is 1. The molecule has 1 saturated heterocycles. The lowest BCUT2D eigenvalue weighted by atomic mass is 10.3. The van der Waals surface area contributed by atoms with Crippen LogP contribution in [0.5, 0.6) is 0 Å². The van der Waals surface area contributed by atoms with Crippen molar-refractivity contribution in [1.82, 2.24) is 14.7 Å². The average molecular weight is 346 g/mol. The van der Waals surface area contributed by atoms with E-state index in [2.05, 4.69) is 5.10 Å². The van der Waals surface area contributed by atoms with Gasteiger partial charge in [0.25, 0.3) is 5.91 Å². The van der Waals surface area contributed by atoms with E-state index in [0.717, 1.165) is 52.4 Å². The van der Waals surface area contributed by atoms with E-state index in [9.17, 15) is 4.79 Å². The van der Waals surface area contributed by atoms with Crippen molar-refractivity contribution in [1.29, 1.82) is 0 Å². The lowest BCUT2D eigenvalue weighted by Crippen LogP contribution is -2.26. The fourth-order valence-corrected chi connectivity index (χ4v) is 4.35. The fourth-order valence-electron chi connectivity index (χ4n) is 3.01. The first kappa shape index (κ1) is 14.7. The Kier molecular flexibility index (Phi) is 3.62. The summed E-state index contributed by atoms with van der Waals surface area (Å²) in [5.74, 6) is 0.140. The molecule has 118 valence electrons. The minimum atomic E-state index is 0.140. The van der Waals surface area contributed by atoms with E-state index in [0.29, 0.717) is 5.02 Å². The van der Waals surface area contributed by atoms with Gasteiger partial charge in [0.15, 0.2) is 0 Å². The lowest BCUT2D eigenvalue weighted by Gasteiger charge is -2.13. The van der Waals surface area contributed by atoms with Gasteiger partial charge in [0.2, 0.25) is 0 Å². The molecule has 0 N–H and O–H groups in total. The number of aryl methyl sites for hydroxylation is 1. The highest BCUT2D eigenvalue weighted by molar-refractivity contribution is 7.20. The van der Waals surface area contributed by atoms with E-state index < -0.39 is 0 Å². The van der Waals surface area contributed by atoms with E-state index in [-0.39, 0.29) is 5.91 Å². The van der Waals surface area contributed by atoms with Gasteiger partial charge in [-0.15, -0.1) is 11.3 Å². The van der Waals surface area contributed by atoms with Crippen LogP contribution in [0.25, 0.3) is 15.9 Å². The van der Waals surface area contributed by atoms with Gasteiger partial charge in [-0.3, -0.25) is 4.79 Å². The molecule has 4 nitrogen and oxygen atoms in total. The Morgan fingerprint density at radius 2 is 2.04 bits per heavy atom. The number of carbonyl (C=O) groups is 1. The van der Waals surface area contributed by atoms with Crippen molar-refractivity contribution in [2.45, 2.75) is 19.8 Å². The van der Waals surface area contributed by atoms with E-state index in [1.165, 1.54) is 11.3 Å². The summed E-state index contributed by atoms with van der Waals surface area (Å²) in [5, 5.41) is 6.32. The molecular formula is C17H16ClN3OS. The molecule has 3 heterocycles. The molecule has 6 heteroatoms. The molecule has 0 radical (unpaired) electrons. The molecule has 0 spiro atoms. The first-order valence-corrected chi connectivity index (χ1v) is 8.87. The second kappa shape index (κ2) is 5.65. The Bertz CT molecular complexity index is 893. The SMILES string of the molecule is Cc1nn(-c2cccc(Cl)c2)c2sc(C(=O)N3CCCC3)cc12. The van der Waals surface area contributed by atoms with E-state index >= 15 is 0 Å². The fraction of sp³-hybridized carbons (Fsp3) is 0.294. The molecule has 4 rings (SSSR count). The molecule has 0 saturated carbocycles. The van der Waals surface area contributed by atoms with Crippen molar-refractivity contribution in [2.24, 2.45) is 0 Å². The first-order chi connectivity index (χ1) is 11.1. The topological polar surface area (TPSA) is 38.1 Å². The molecule has 2 aromatic heterocycles. The van der Waals surface area contributed by atoms with Crippen LogP contribution in [0.2, 0.25) is 5.02 Å². The summed E-state index contributed by atoms with van der Waals surface area (Å²) in [5.41, 5.74) is 1.84. The Labute approximate surface area is 143 Å². The summed E-state index contributed by atoms with van der Waals surface area (Å²) in [6.07, 6.45) is 2.21. The zero-order valence-corrected chi connectivity index (χ0v) is 14.3. The van der Waals surface area contributed by atoms with E-state index in [1.54, 1.807) is 0 Å². The maximum absolute atomic E-state index is 12.6. The second-order valence-corrected chi connectivity index (χ2v) is 7.27. The summed E-state index contributed by atoms with van der Waals surface area (Å²) >= 11 is 7.60. The van der Waals surface area contributed by atoms with E-state index in [4.69, 9.17) is 11.6 Å². The molecule has 1 aliphatic rings. The van der Waals surface area contributed by atoms with Crippen molar-refractivity contribution in [3.63, 3.8) is 0 Å². The summed E-state index contributed by atoms with van der Waals surface area (Å²) in [6.45, 7) is 3.71. The van der Waals surface area contributed by atoms with Gasteiger partial charge in [-0.1, -0.05) is 17.7 Å². The highest BCUT2D eigenvalue weighted by Gasteiger charge is 2.23. The molecule has 0 atom stereocenters. The Morgan fingerprint density at radius 1 is 1.26 bits per heavy atom. The molecular weight excluding hydrogens is 330 g/mol. The van der Waals surface area contributed by atoms with Crippen LogP contribution in [-0.2, 0) is 0 Å². The molecule has 1 amide bonds. The number of fused-ring (bicyclic) bond motifs is 1. The van der Waals surface area contributed by atoms with Crippen molar-refractivity contribution in [2.75, 3.05) is 13.1 Å². The number of halogens is 1. The van der Waals surface area contributed by atoms with Crippen molar-refractivity contribution in [3.05, 3.63) is 45.9 Å². The molecule has 1 aliphatic heterocycles. The largest absolute Gasteiger partial charge is 0.338 e. The smallest absolute Gasteiger partial charge is 0.264 e. The van der Waals surface area contributed by atoms with Gasteiger partial charge in [-0.2, -0.15) is 5.10 Å². The summed E-state index contributed by atoms with van der Waals surface area (Å²) in [7, 11) is 0. The van der Waals surface area contributed by atoms with Crippen LogP contribution in [0.1, 0.15) is 28.2 Å². The highest BCUT2D eigenvalue weighted by atomic mass is 35.5. The van der Waals surface area contributed by atoms with Gasteiger partial charge < -0.3 is 4.90 Å². The maximum Gasteiger partial charge on any atom is 0.264 e.